The molecule has 0 nitrogen and oxygen atoms in total. The lowest BCUT2D eigenvalue weighted by Crippen LogP contribution is -1.78. The van der Waals surface area contributed by atoms with E-state index in [2.05, 4.69) is 48.5 Å². The maximum Gasteiger partial charge on any atom is -0.00991 e. The van der Waals surface area contributed by atoms with Crippen LogP contribution >= 0.6 is 0 Å². The Balaban J connectivity index is 2.51. The molecule has 0 heterocycles. The molecule has 0 amide bonds. The summed E-state index contributed by atoms with van der Waals surface area (Å²) < 4.78 is 0. The number of hydrogen-bond acceptors (Lipinski definition) is 0. The Morgan fingerprint density at radius 1 is 1.00 bits per heavy atom. The summed E-state index contributed by atoms with van der Waals surface area (Å²) in [5, 5.41) is 2.51. The van der Waals surface area contributed by atoms with Crippen LogP contribution in [0.4, 0.5) is 0 Å². The normalized spacial score (nSPS) is 11.8. The zero-order valence-electron chi connectivity index (χ0n) is 8.77. The van der Waals surface area contributed by atoms with Crippen LogP contribution in [0.2, 0.25) is 0 Å². The van der Waals surface area contributed by atoms with Gasteiger partial charge in [0.2, 0.25) is 0 Å². The number of fused-ring (bicyclic) bond motifs is 1. The van der Waals surface area contributed by atoms with Crippen LogP contribution < -0.4 is 0 Å². The van der Waals surface area contributed by atoms with Gasteiger partial charge in [-0.15, -0.1) is 0 Å². The molecule has 0 N–H and O–H groups in total. The standard InChI is InChI=1S/C15H13/c1-2-3-4-8-13-10-7-11-14-9-5-6-12-15(13)14/h2-7,9-12H,1H3/b3-2+,8-4?. The fourth-order valence-electron chi connectivity index (χ4n) is 1.59. The van der Waals surface area contributed by atoms with Crippen molar-refractivity contribution >= 4 is 10.8 Å². The van der Waals surface area contributed by atoms with Crippen molar-refractivity contribution in [2.24, 2.45) is 0 Å². The second-order valence-electron chi connectivity index (χ2n) is 3.36. The van der Waals surface area contributed by atoms with Crippen molar-refractivity contribution in [1.82, 2.24) is 0 Å². The number of benzene rings is 2. The largest absolute Gasteiger partial charge is 0.0876 e. The maximum absolute atomic E-state index is 3.28. The van der Waals surface area contributed by atoms with Gasteiger partial charge in [0.1, 0.15) is 0 Å². The molecule has 2 aromatic rings. The number of rotatable bonds is 2. The van der Waals surface area contributed by atoms with Crippen molar-refractivity contribution in [3.05, 3.63) is 72.3 Å². The molecule has 0 spiro atoms. The molecule has 0 saturated heterocycles. The van der Waals surface area contributed by atoms with E-state index in [4.69, 9.17) is 0 Å². The highest BCUT2D eigenvalue weighted by atomic mass is 14.0. The summed E-state index contributed by atoms with van der Waals surface area (Å²) in [6.45, 7) is 2.00. The lowest BCUT2D eigenvalue weighted by atomic mass is 10.0. The molecule has 0 unspecified atom stereocenters. The van der Waals surface area contributed by atoms with Gasteiger partial charge < -0.3 is 0 Å². The molecule has 0 fully saturated rings. The van der Waals surface area contributed by atoms with Crippen LogP contribution in [-0.4, -0.2) is 0 Å². The first kappa shape index (κ1) is 9.72. The van der Waals surface area contributed by atoms with E-state index in [9.17, 15) is 0 Å². The fraction of sp³-hybridized carbons (Fsp3) is 0.0667. The molecule has 73 valence electrons. The molecule has 0 atom stereocenters. The summed E-state index contributed by atoms with van der Waals surface area (Å²) in [5.74, 6) is 0. The SMILES string of the molecule is C/C=C/C=[C]\c1cccc2ccccc12. The van der Waals surface area contributed by atoms with E-state index in [0.717, 1.165) is 5.56 Å². The second kappa shape index (κ2) is 4.61. The van der Waals surface area contributed by atoms with E-state index in [0.29, 0.717) is 0 Å². The predicted octanol–water partition coefficient (Wildman–Crippen LogP) is 4.12. The van der Waals surface area contributed by atoms with Crippen LogP contribution in [0.3, 0.4) is 0 Å². The smallest absolute Gasteiger partial charge is 0.00991 e. The van der Waals surface area contributed by atoms with Gasteiger partial charge in [-0.2, -0.15) is 0 Å². The minimum absolute atomic E-state index is 1.14. The zero-order valence-corrected chi connectivity index (χ0v) is 8.77. The molecule has 0 bridgehead atoms. The Bertz CT molecular complexity index is 499. The Morgan fingerprint density at radius 2 is 1.80 bits per heavy atom. The van der Waals surface area contributed by atoms with Crippen molar-refractivity contribution < 1.29 is 0 Å². The van der Waals surface area contributed by atoms with E-state index in [-0.39, 0.29) is 0 Å². The molecule has 1 radical (unpaired) electrons. The summed E-state index contributed by atoms with van der Waals surface area (Å²) in [7, 11) is 0. The maximum atomic E-state index is 3.28. The van der Waals surface area contributed by atoms with E-state index < -0.39 is 0 Å². The average molecular weight is 193 g/mol. The summed E-state index contributed by atoms with van der Waals surface area (Å²) in [6.07, 6.45) is 9.21. The molecule has 2 rings (SSSR count). The van der Waals surface area contributed by atoms with Crippen LogP contribution in [0, 0.1) is 6.08 Å². The van der Waals surface area contributed by atoms with Crippen molar-refractivity contribution in [3.63, 3.8) is 0 Å². The zero-order chi connectivity index (χ0) is 10.5. The fourth-order valence-corrected chi connectivity index (χ4v) is 1.59. The second-order valence-corrected chi connectivity index (χ2v) is 3.36. The van der Waals surface area contributed by atoms with Crippen LogP contribution in [-0.2, 0) is 0 Å². The predicted molar refractivity (Wildman–Crippen MR) is 65.7 cm³/mol. The van der Waals surface area contributed by atoms with Crippen molar-refractivity contribution in [3.8, 4) is 0 Å². The number of allylic oxidation sites excluding steroid dienone is 3. The third kappa shape index (κ3) is 2.16. The summed E-state index contributed by atoms with van der Waals surface area (Å²) in [4.78, 5) is 0. The molecule has 0 aliphatic heterocycles. The van der Waals surface area contributed by atoms with Gasteiger partial charge in [0.25, 0.3) is 0 Å². The molecule has 2 aromatic carbocycles. The Hall–Kier alpha value is -1.82. The van der Waals surface area contributed by atoms with Gasteiger partial charge >= 0.3 is 0 Å². The highest BCUT2D eigenvalue weighted by molar-refractivity contribution is 5.86. The third-order valence-corrected chi connectivity index (χ3v) is 2.32. The third-order valence-electron chi connectivity index (χ3n) is 2.32. The van der Waals surface area contributed by atoms with E-state index in [1.807, 2.05) is 25.2 Å². The molecule has 0 aliphatic carbocycles. The highest BCUT2D eigenvalue weighted by Crippen LogP contribution is 2.18. The summed E-state index contributed by atoms with van der Waals surface area (Å²) in [6, 6.07) is 14.6. The highest BCUT2D eigenvalue weighted by Gasteiger charge is 1.95. The van der Waals surface area contributed by atoms with Gasteiger partial charge in [-0.3, -0.25) is 0 Å². The van der Waals surface area contributed by atoms with Crippen LogP contribution in [0.1, 0.15) is 12.5 Å². The molecule has 0 aromatic heterocycles. The molecular formula is C15H13. The molecule has 0 saturated carbocycles. The van der Waals surface area contributed by atoms with Gasteiger partial charge in [0.15, 0.2) is 0 Å². The summed E-state index contributed by atoms with van der Waals surface area (Å²) >= 11 is 0. The van der Waals surface area contributed by atoms with Crippen molar-refractivity contribution in [2.45, 2.75) is 6.92 Å². The Morgan fingerprint density at radius 3 is 2.67 bits per heavy atom. The first-order valence-corrected chi connectivity index (χ1v) is 5.10. The molecule has 0 aliphatic rings. The van der Waals surface area contributed by atoms with Crippen LogP contribution in [0.25, 0.3) is 10.8 Å². The first-order valence-electron chi connectivity index (χ1n) is 5.10. The van der Waals surface area contributed by atoms with Crippen LogP contribution in [0.5, 0.6) is 0 Å². The lowest BCUT2D eigenvalue weighted by molar-refractivity contribution is 1.62. The number of hydrogen-bond donors (Lipinski definition) is 0. The van der Waals surface area contributed by atoms with E-state index >= 15 is 0 Å². The average Bonchev–Trinajstić information content (AvgIpc) is 2.30. The minimum atomic E-state index is 1.14. The first-order chi connectivity index (χ1) is 7.42. The van der Waals surface area contributed by atoms with E-state index in [1.165, 1.54) is 10.8 Å². The van der Waals surface area contributed by atoms with Gasteiger partial charge in [0, 0.05) is 0 Å². The minimum Gasteiger partial charge on any atom is -0.0876 e. The van der Waals surface area contributed by atoms with Crippen molar-refractivity contribution in [1.29, 1.82) is 0 Å². The van der Waals surface area contributed by atoms with Crippen molar-refractivity contribution in [2.75, 3.05) is 0 Å². The topological polar surface area (TPSA) is 0 Å². The Kier molecular flexibility index (Phi) is 2.99. The molecule has 15 heavy (non-hydrogen) atoms. The molecular weight excluding hydrogens is 180 g/mol. The van der Waals surface area contributed by atoms with E-state index in [1.54, 1.807) is 0 Å². The molecule has 0 heteroatoms. The van der Waals surface area contributed by atoms with Gasteiger partial charge in [-0.1, -0.05) is 60.7 Å². The van der Waals surface area contributed by atoms with Crippen LogP contribution in [0.15, 0.2) is 60.7 Å². The quantitative estimate of drug-likeness (QED) is 0.629. The monoisotopic (exact) mass is 193 g/mol. The van der Waals surface area contributed by atoms with Gasteiger partial charge in [-0.25, -0.2) is 0 Å². The summed E-state index contributed by atoms with van der Waals surface area (Å²) in [5.41, 5.74) is 1.14. The van der Waals surface area contributed by atoms with Gasteiger partial charge in [-0.05, 0) is 29.3 Å². The lowest BCUT2D eigenvalue weighted by Gasteiger charge is -2.00. The van der Waals surface area contributed by atoms with Gasteiger partial charge in [0.05, 0.1) is 0 Å². The Labute approximate surface area is 90.6 Å².